The van der Waals surface area contributed by atoms with Crippen LogP contribution in [0.15, 0.2) is 59.0 Å². The second-order valence-corrected chi connectivity index (χ2v) is 5.91. The van der Waals surface area contributed by atoms with Gasteiger partial charge in [0.2, 0.25) is 0 Å². The first-order chi connectivity index (χ1) is 11.8. The summed E-state index contributed by atoms with van der Waals surface area (Å²) in [7, 11) is -4.94. The van der Waals surface area contributed by atoms with Gasteiger partial charge in [0.25, 0.3) is 0 Å². The molecule has 0 saturated heterocycles. The van der Waals surface area contributed by atoms with E-state index in [2.05, 4.69) is 19.1 Å². The van der Waals surface area contributed by atoms with Crippen molar-refractivity contribution in [1.82, 2.24) is 0 Å². The molecule has 0 fully saturated rings. The van der Waals surface area contributed by atoms with Crippen molar-refractivity contribution in [3.8, 4) is 17.1 Å². The number of fused-ring (bicyclic) bond motifs is 1. The molecule has 0 atom stereocenters. The van der Waals surface area contributed by atoms with Crippen LogP contribution in [0.25, 0.3) is 22.3 Å². The maximum Gasteiger partial charge on any atom is 0.364 e. The number of rotatable bonds is 3. The summed E-state index contributed by atoms with van der Waals surface area (Å²) in [6.07, 6.45) is 0. The van der Waals surface area contributed by atoms with Crippen LogP contribution < -0.4 is 23.4 Å². The van der Waals surface area contributed by atoms with Crippen LogP contribution in [0.5, 0.6) is 5.75 Å². The number of hydrogen-bond donors (Lipinski definition) is 0. The van der Waals surface area contributed by atoms with Gasteiger partial charge in [0.05, 0.1) is 18.2 Å². The first-order valence-corrected chi connectivity index (χ1v) is 8.69. The van der Waals surface area contributed by atoms with Gasteiger partial charge in [-0.3, -0.25) is 0 Å². The second-order valence-electron chi connectivity index (χ2n) is 5.15. The van der Waals surface area contributed by atoms with Crippen LogP contribution in [-0.4, -0.2) is 6.61 Å². The molecule has 0 spiro atoms. The molecule has 25 heavy (non-hydrogen) atoms. The highest BCUT2D eigenvalue weighted by Crippen LogP contribution is 2.33. The van der Waals surface area contributed by atoms with E-state index in [9.17, 15) is 0 Å². The van der Waals surface area contributed by atoms with E-state index in [0.717, 1.165) is 28.0 Å². The lowest BCUT2D eigenvalue weighted by Gasteiger charge is -2.17. The third-order valence-corrected chi connectivity index (χ3v) is 3.24. The summed E-state index contributed by atoms with van der Waals surface area (Å²) in [5.41, 5.74) is 3.09. The number of hydrogen-bond acceptors (Lipinski definition) is 5. The van der Waals surface area contributed by atoms with Gasteiger partial charge >= 0.3 is 11.3 Å². The maximum atomic E-state index is 8.49. The maximum absolute atomic E-state index is 8.49. The molecule has 3 aromatic rings. The fourth-order valence-corrected chi connectivity index (χ4v) is 2.29. The first-order valence-electron chi connectivity index (χ1n) is 7.45. The largest absolute Gasteiger partial charge is 0.493 e. The zero-order valence-electron chi connectivity index (χ0n) is 13.7. The smallest absolute Gasteiger partial charge is 0.364 e. The molecule has 0 amide bonds. The molecule has 1 aromatic heterocycles. The predicted octanol–water partition coefficient (Wildman–Crippen LogP) is 0.332. The molecule has 0 saturated carbocycles. The topological polar surface area (TPSA) is 113 Å². The van der Waals surface area contributed by atoms with Gasteiger partial charge in [0, 0.05) is 6.07 Å². The Kier molecular flexibility index (Phi) is 6.30. The van der Waals surface area contributed by atoms with Crippen LogP contribution in [-0.2, 0) is 0 Å². The molecule has 7 heteroatoms. The van der Waals surface area contributed by atoms with Crippen LogP contribution in [0.4, 0.5) is 0 Å². The van der Waals surface area contributed by atoms with E-state index >= 15 is 0 Å². The quantitative estimate of drug-likeness (QED) is 0.619. The van der Waals surface area contributed by atoms with Gasteiger partial charge < -0.3 is 4.74 Å². The minimum Gasteiger partial charge on any atom is -0.493 e. The predicted molar refractivity (Wildman–Crippen MR) is 82.0 cm³/mol. The highest BCUT2D eigenvalue weighted by atomic mass is 35.7. The number of halogens is 1. The van der Waals surface area contributed by atoms with Gasteiger partial charge in [-0.2, -0.15) is 0 Å². The molecule has 0 aliphatic rings. The molecule has 2 aromatic carbocycles. The van der Waals surface area contributed by atoms with Gasteiger partial charge in [0.1, 0.15) is 11.1 Å². The summed E-state index contributed by atoms with van der Waals surface area (Å²) in [5.74, 6) is 1.70. The standard InChI is InChI=1S/C18H17O2.ClHO4/c1-3-19-18-12-17(14-7-5-4-6-8-14)20-16-10-9-13(2)11-15(16)18;2-1(3,4)5/h4-12H,3H2,1-2H3;(H,2,3,4,5)/q+1;/p-1. The van der Waals surface area contributed by atoms with Crippen LogP contribution in [0.3, 0.4) is 0 Å². The molecule has 0 bridgehead atoms. The monoisotopic (exact) mass is 364 g/mol. The van der Waals surface area contributed by atoms with Crippen molar-refractivity contribution in [3.63, 3.8) is 0 Å². The minimum absolute atomic E-state index is 0.640. The average molecular weight is 365 g/mol. The van der Waals surface area contributed by atoms with Gasteiger partial charge in [0.15, 0.2) is 0 Å². The highest BCUT2D eigenvalue weighted by Gasteiger charge is 2.19. The summed E-state index contributed by atoms with van der Waals surface area (Å²) in [5, 5.41) is 1.02. The molecule has 0 N–H and O–H groups in total. The zero-order chi connectivity index (χ0) is 18.4. The lowest BCUT2D eigenvalue weighted by molar-refractivity contribution is -2.00. The van der Waals surface area contributed by atoms with Crippen molar-refractivity contribution in [2.75, 3.05) is 6.61 Å². The lowest BCUT2D eigenvalue weighted by Crippen LogP contribution is -2.68. The molecule has 6 nitrogen and oxygen atoms in total. The van der Waals surface area contributed by atoms with Crippen molar-refractivity contribution in [2.24, 2.45) is 0 Å². The number of benzene rings is 2. The van der Waals surface area contributed by atoms with Gasteiger partial charge in [-0.05, 0) is 43.7 Å². The Labute approximate surface area is 147 Å². The third kappa shape index (κ3) is 5.97. The van der Waals surface area contributed by atoms with Crippen molar-refractivity contribution >= 4 is 11.0 Å². The Morgan fingerprint density at radius 2 is 1.60 bits per heavy atom. The van der Waals surface area contributed by atoms with E-state index < -0.39 is 10.2 Å². The molecule has 132 valence electrons. The minimum atomic E-state index is -4.94. The molecule has 0 aliphatic heterocycles. The fraction of sp³-hybridized carbons (Fsp3) is 0.167. The van der Waals surface area contributed by atoms with Crippen molar-refractivity contribution < 1.29 is 38.0 Å². The fourth-order valence-electron chi connectivity index (χ4n) is 2.29. The first kappa shape index (κ1) is 19.1. The van der Waals surface area contributed by atoms with E-state index in [1.165, 1.54) is 5.56 Å². The Hall–Kier alpha value is -2.22. The van der Waals surface area contributed by atoms with E-state index in [1.807, 2.05) is 49.4 Å². The van der Waals surface area contributed by atoms with Crippen LogP contribution in [0.2, 0.25) is 0 Å². The zero-order valence-corrected chi connectivity index (χ0v) is 14.5. The van der Waals surface area contributed by atoms with Crippen LogP contribution in [0.1, 0.15) is 12.5 Å². The Morgan fingerprint density at radius 1 is 0.960 bits per heavy atom. The molecule has 0 aliphatic carbocycles. The summed E-state index contributed by atoms with van der Waals surface area (Å²) in [6, 6.07) is 18.2. The Bertz CT molecular complexity index is 824. The number of aryl methyl sites for hydroxylation is 1. The van der Waals surface area contributed by atoms with Crippen LogP contribution in [0, 0.1) is 17.2 Å². The molecule has 3 rings (SSSR count). The summed E-state index contributed by atoms with van der Waals surface area (Å²) in [6.45, 7) is 4.70. The van der Waals surface area contributed by atoms with E-state index in [1.54, 1.807) is 0 Å². The molecule has 0 radical (unpaired) electrons. The van der Waals surface area contributed by atoms with E-state index in [-0.39, 0.29) is 0 Å². The molecular weight excluding hydrogens is 348 g/mol. The van der Waals surface area contributed by atoms with Crippen LogP contribution >= 0.6 is 0 Å². The highest BCUT2D eigenvalue weighted by molar-refractivity contribution is 5.86. The van der Waals surface area contributed by atoms with Crippen molar-refractivity contribution in [2.45, 2.75) is 13.8 Å². The molecular formula is C18H17ClO6. The SMILES string of the molecule is CCOc1cc(-c2ccccc2)[o+]c2ccc(C)cc12.[O-][Cl+3]([O-])([O-])[O-]. The third-order valence-electron chi connectivity index (χ3n) is 3.24. The second kappa shape index (κ2) is 8.24. The normalized spacial score (nSPS) is 11.0. The Morgan fingerprint density at radius 3 is 2.20 bits per heavy atom. The summed E-state index contributed by atoms with van der Waals surface area (Å²) < 4.78 is 45.8. The molecule has 0 unspecified atom stereocenters. The van der Waals surface area contributed by atoms with Crippen molar-refractivity contribution in [1.29, 1.82) is 0 Å². The summed E-state index contributed by atoms with van der Waals surface area (Å²) >= 11 is 0. The van der Waals surface area contributed by atoms with Gasteiger partial charge in [-0.1, -0.05) is 18.2 Å². The van der Waals surface area contributed by atoms with E-state index in [0.29, 0.717) is 6.61 Å². The van der Waals surface area contributed by atoms with E-state index in [4.69, 9.17) is 27.8 Å². The summed E-state index contributed by atoms with van der Waals surface area (Å²) in [4.78, 5) is 0. The average Bonchev–Trinajstić information content (AvgIpc) is 2.54. The van der Waals surface area contributed by atoms with Gasteiger partial charge in [-0.25, -0.2) is 23.1 Å². The lowest BCUT2D eigenvalue weighted by atomic mass is 10.1. The molecule has 1 heterocycles. The van der Waals surface area contributed by atoms with Crippen molar-refractivity contribution in [3.05, 3.63) is 60.2 Å². The van der Waals surface area contributed by atoms with Gasteiger partial charge in [-0.15, -0.1) is 10.2 Å². The Balaban J connectivity index is 0.000000399. The number of ether oxygens (including phenoxy) is 1.